The normalized spacial score (nSPS) is 22.5. The number of fused-ring (bicyclic) bond motifs is 2. The number of nitriles is 1. The Kier molecular flexibility index (Phi) is 5.19. The lowest BCUT2D eigenvalue weighted by Gasteiger charge is -2.26. The summed E-state index contributed by atoms with van der Waals surface area (Å²) in [6.45, 7) is 8.90. The molecule has 172 valence electrons. The van der Waals surface area contributed by atoms with Crippen molar-refractivity contribution in [2.75, 3.05) is 13.2 Å². The van der Waals surface area contributed by atoms with Gasteiger partial charge in [0.15, 0.2) is 5.65 Å². The zero-order valence-electron chi connectivity index (χ0n) is 19.7. The number of aliphatic hydroxyl groups excluding tert-OH is 1. The Balaban J connectivity index is 1.52. The van der Waals surface area contributed by atoms with E-state index in [4.69, 9.17) is 4.98 Å². The van der Waals surface area contributed by atoms with Crippen molar-refractivity contribution in [3.63, 3.8) is 0 Å². The Bertz CT molecular complexity index is 1320. The van der Waals surface area contributed by atoms with Gasteiger partial charge in [0.05, 0.1) is 29.5 Å². The van der Waals surface area contributed by atoms with Gasteiger partial charge in [-0.3, -0.25) is 14.0 Å². The first-order valence-electron chi connectivity index (χ1n) is 11.6. The molecular weight excluding hydrogens is 414 g/mol. The van der Waals surface area contributed by atoms with Crippen molar-refractivity contribution in [2.24, 2.45) is 24.3 Å². The Morgan fingerprint density at radius 1 is 1.24 bits per heavy atom. The van der Waals surface area contributed by atoms with E-state index in [0.717, 1.165) is 35.7 Å². The number of aryl methyl sites for hydroxylation is 1. The Hall–Kier alpha value is -2.95. The first kappa shape index (κ1) is 21.9. The Morgan fingerprint density at radius 2 is 2.03 bits per heavy atom. The first-order valence-corrected chi connectivity index (χ1v) is 11.6. The summed E-state index contributed by atoms with van der Waals surface area (Å²) < 4.78 is 3.37. The largest absolute Gasteiger partial charge is 0.395 e. The second-order valence-electron chi connectivity index (χ2n) is 10.9. The maximum atomic E-state index is 12.9. The summed E-state index contributed by atoms with van der Waals surface area (Å²) in [5.41, 5.74) is 4.43. The molecule has 1 N–H and O–H groups in total. The second kappa shape index (κ2) is 7.82. The van der Waals surface area contributed by atoms with Crippen LogP contribution in [0.3, 0.4) is 0 Å². The first-order chi connectivity index (χ1) is 15.7. The zero-order valence-corrected chi connectivity index (χ0v) is 19.7. The molecule has 3 atom stereocenters. The summed E-state index contributed by atoms with van der Waals surface area (Å²) in [6, 6.07) is 12.3. The number of imidazole rings is 1. The molecule has 1 aliphatic heterocycles. The molecule has 1 unspecified atom stereocenters. The van der Waals surface area contributed by atoms with E-state index < -0.39 is 0 Å². The Morgan fingerprint density at radius 3 is 2.73 bits per heavy atom. The van der Waals surface area contributed by atoms with Gasteiger partial charge in [0.2, 0.25) is 0 Å². The van der Waals surface area contributed by atoms with Gasteiger partial charge >= 0.3 is 5.69 Å². The third-order valence-electron chi connectivity index (χ3n) is 7.08. The molecule has 0 bridgehead atoms. The van der Waals surface area contributed by atoms with Crippen LogP contribution in [0.4, 0.5) is 0 Å². The summed E-state index contributed by atoms with van der Waals surface area (Å²) in [5.74, 6) is 1.36. The third-order valence-corrected chi connectivity index (χ3v) is 7.08. The number of benzene rings is 1. The van der Waals surface area contributed by atoms with Crippen LogP contribution in [-0.4, -0.2) is 43.3 Å². The molecule has 5 rings (SSSR count). The molecule has 2 aliphatic rings. The van der Waals surface area contributed by atoms with Gasteiger partial charge < -0.3 is 5.11 Å². The maximum Gasteiger partial charge on any atom is 0.330 e. The van der Waals surface area contributed by atoms with E-state index in [1.54, 1.807) is 16.2 Å². The van der Waals surface area contributed by atoms with Crippen molar-refractivity contribution in [1.29, 1.82) is 5.26 Å². The highest BCUT2D eigenvalue weighted by atomic mass is 16.3. The molecule has 2 fully saturated rings. The summed E-state index contributed by atoms with van der Waals surface area (Å²) in [7, 11) is 1.75. The highest BCUT2D eigenvalue weighted by molar-refractivity contribution is 5.78. The quantitative estimate of drug-likeness (QED) is 0.652. The highest BCUT2D eigenvalue weighted by Crippen LogP contribution is 2.49. The molecule has 0 amide bonds. The van der Waals surface area contributed by atoms with E-state index in [2.05, 4.69) is 31.7 Å². The number of nitrogens with zero attached hydrogens (tertiary/aromatic N) is 5. The summed E-state index contributed by atoms with van der Waals surface area (Å²) >= 11 is 0. The number of piperidine rings is 1. The molecule has 7 heteroatoms. The minimum absolute atomic E-state index is 0.0400. The van der Waals surface area contributed by atoms with E-state index in [-0.39, 0.29) is 23.8 Å². The lowest BCUT2D eigenvalue weighted by molar-refractivity contribution is 0.131. The number of hydrogen-bond donors (Lipinski definition) is 1. The molecule has 1 saturated carbocycles. The predicted octanol–water partition coefficient (Wildman–Crippen LogP) is 3.13. The average molecular weight is 446 g/mol. The number of hydrogen-bond acceptors (Lipinski definition) is 5. The minimum Gasteiger partial charge on any atom is -0.395 e. The van der Waals surface area contributed by atoms with Crippen LogP contribution < -0.4 is 5.69 Å². The van der Waals surface area contributed by atoms with Crippen molar-refractivity contribution in [1.82, 2.24) is 19.0 Å². The van der Waals surface area contributed by atoms with Gasteiger partial charge in [0, 0.05) is 38.3 Å². The lowest BCUT2D eigenvalue weighted by Crippen LogP contribution is -2.35. The molecule has 3 heterocycles. The van der Waals surface area contributed by atoms with Gasteiger partial charge in [-0.2, -0.15) is 5.26 Å². The molecule has 33 heavy (non-hydrogen) atoms. The summed E-state index contributed by atoms with van der Waals surface area (Å²) in [5, 5.41) is 19.6. The van der Waals surface area contributed by atoms with Crippen LogP contribution in [0.2, 0.25) is 0 Å². The number of aliphatic hydroxyl groups is 1. The van der Waals surface area contributed by atoms with Crippen LogP contribution in [-0.2, 0) is 20.1 Å². The molecule has 1 aliphatic carbocycles. The number of likely N-dealkylation sites (tertiary alicyclic amines) is 1. The average Bonchev–Trinajstić information content (AvgIpc) is 3.40. The van der Waals surface area contributed by atoms with Crippen LogP contribution in [0.15, 0.2) is 35.1 Å². The van der Waals surface area contributed by atoms with E-state index >= 15 is 0 Å². The fourth-order valence-electron chi connectivity index (χ4n) is 5.38. The highest BCUT2D eigenvalue weighted by Gasteiger charge is 2.51. The molecule has 3 aromatic rings. The van der Waals surface area contributed by atoms with Gasteiger partial charge in [0.25, 0.3) is 0 Å². The van der Waals surface area contributed by atoms with Gasteiger partial charge in [-0.1, -0.05) is 26.8 Å². The van der Waals surface area contributed by atoms with Crippen molar-refractivity contribution in [3.8, 4) is 17.3 Å². The standard InChI is InChI=1S/C26H31N5O2/c1-26(2,3)15-31-22-8-7-21(28-24(22)29(4)25(31)33)19-9-16(5-6-17(19)11-27)12-30-13-18-10-20(18)23(30)14-32/h5-9,18,20,23,32H,10,12-15H2,1-4H3/t18?,20-,23+/m0/s1. The fourth-order valence-corrected chi connectivity index (χ4v) is 5.38. The van der Waals surface area contributed by atoms with Gasteiger partial charge in [0.1, 0.15) is 0 Å². The van der Waals surface area contributed by atoms with E-state index in [0.29, 0.717) is 29.4 Å². The monoisotopic (exact) mass is 445 g/mol. The Labute approximate surface area is 193 Å². The van der Waals surface area contributed by atoms with E-state index in [9.17, 15) is 15.2 Å². The third kappa shape index (κ3) is 3.88. The van der Waals surface area contributed by atoms with Crippen molar-refractivity contribution < 1.29 is 5.11 Å². The molecule has 1 saturated heterocycles. The van der Waals surface area contributed by atoms with Gasteiger partial charge in [-0.25, -0.2) is 9.78 Å². The topological polar surface area (TPSA) is 87.1 Å². The van der Waals surface area contributed by atoms with Crippen molar-refractivity contribution in [2.45, 2.75) is 46.3 Å². The smallest absolute Gasteiger partial charge is 0.330 e. The molecular formula is C26H31N5O2. The van der Waals surface area contributed by atoms with Gasteiger partial charge in [-0.15, -0.1) is 0 Å². The van der Waals surface area contributed by atoms with Crippen LogP contribution in [0, 0.1) is 28.6 Å². The second-order valence-corrected chi connectivity index (χ2v) is 10.9. The van der Waals surface area contributed by atoms with Crippen LogP contribution in [0.1, 0.15) is 38.3 Å². The molecule has 7 nitrogen and oxygen atoms in total. The van der Waals surface area contributed by atoms with E-state index in [1.807, 2.05) is 30.3 Å². The summed E-state index contributed by atoms with van der Waals surface area (Å²) in [4.78, 5) is 20.1. The molecule has 1 aromatic carbocycles. The van der Waals surface area contributed by atoms with Crippen molar-refractivity contribution in [3.05, 3.63) is 51.9 Å². The van der Waals surface area contributed by atoms with E-state index in [1.165, 1.54) is 6.42 Å². The predicted molar refractivity (Wildman–Crippen MR) is 127 cm³/mol. The molecule has 0 radical (unpaired) electrons. The fraction of sp³-hybridized carbons (Fsp3) is 0.500. The SMILES string of the molecule is Cn1c(=O)n(CC(C)(C)C)c2ccc(-c3cc(CN4CC5C[C@@H]5[C@H]4CO)ccc3C#N)nc21. The number of rotatable bonds is 5. The van der Waals surface area contributed by atoms with Crippen LogP contribution in [0.25, 0.3) is 22.4 Å². The lowest BCUT2D eigenvalue weighted by atomic mass is 9.97. The van der Waals surface area contributed by atoms with Crippen LogP contribution in [0.5, 0.6) is 0 Å². The zero-order chi connectivity index (χ0) is 23.5. The van der Waals surface area contributed by atoms with Crippen LogP contribution >= 0.6 is 0 Å². The molecule has 2 aromatic heterocycles. The summed E-state index contributed by atoms with van der Waals surface area (Å²) in [6.07, 6.45) is 1.23. The minimum atomic E-state index is -0.0820. The number of aromatic nitrogens is 3. The van der Waals surface area contributed by atoms with Gasteiger partial charge in [-0.05, 0) is 53.5 Å². The maximum absolute atomic E-state index is 12.9. The molecule has 0 spiro atoms. The van der Waals surface area contributed by atoms with Crippen molar-refractivity contribution >= 4 is 11.2 Å². The number of pyridine rings is 1.